The van der Waals surface area contributed by atoms with Crippen molar-refractivity contribution in [2.45, 2.75) is 44.6 Å². The van der Waals surface area contributed by atoms with Crippen LogP contribution in [-0.4, -0.2) is 6.04 Å². The van der Waals surface area contributed by atoms with Crippen LogP contribution in [0.2, 0.25) is 0 Å². The normalized spacial score (nSPS) is 18.5. The highest BCUT2D eigenvalue weighted by atomic mass is 14.7. The topological polar surface area (TPSA) is 26.0 Å². The van der Waals surface area contributed by atoms with Gasteiger partial charge in [0.25, 0.3) is 0 Å². The van der Waals surface area contributed by atoms with Crippen molar-refractivity contribution in [3.05, 3.63) is 70.8 Å². The lowest BCUT2D eigenvalue weighted by molar-refractivity contribution is 0.480. The molecule has 2 N–H and O–H groups in total. The molecular formula is C19H23N. The van der Waals surface area contributed by atoms with E-state index in [9.17, 15) is 0 Å². The predicted octanol–water partition coefficient (Wildman–Crippen LogP) is 4.02. The molecule has 0 aromatic heterocycles. The summed E-state index contributed by atoms with van der Waals surface area (Å²) >= 11 is 0. The van der Waals surface area contributed by atoms with Gasteiger partial charge in [-0.15, -0.1) is 0 Å². The molecule has 104 valence electrons. The minimum atomic E-state index is 0.231. The van der Waals surface area contributed by atoms with E-state index in [2.05, 4.69) is 62.4 Å². The van der Waals surface area contributed by atoms with Crippen LogP contribution in [0, 0.1) is 0 Å². The molecule has 0 spiro atoms. The Kier molecular flexibility index (Phi) is 3.62. The van der Waals surface area contributed by atoms with Gasteiger partial charge in [0.2, 0.25) is 0 Å². The van der Waals surface area contributed by atoms with Crippen LogP contribution < -0.4 is 5.73 Å². The van der Waals surface area contributed by atoms with Crippen LogP contribution in [0.25, 0.3) is 0 Å². The summed E-state index contributed by atoms with van der Waals surface area (Å²) < 4.78 is 0. The van der Waals surface area contributed by atoms with Gasteiger partial charge < -0.3 is 5.73 Å². The Labute approximate surface area is 121 Å². The molecule has 0 amide bonds. The zero-order chi connectivity index (χ0) is 14.1. The Balaban J connectivity index is 1.67. The Morgan fingerprint density at radius 3 is 2.40 bits per heavy atom. The fourth-order valence-electron chi connectivity index (χ4n) is 3.13. The highest BCUT2D eigenvalue weighted by Crippen LogP contribution is 2.37. The third-order valence-corrected chi connectivity index (χ3v) is 4.53. The third-order valence-electron chi connectivity index (χ3n) is 4.53. The van der Waals surface area contributed by atoms with Gasteiger partial charge in [-0.05, 0) is 41.0 Å². The van der Waals surface area contributed by atoms with Crippen LogP contribution in [-0.2, 0) is 12.8 Å². The summed E-state index contributed by atoms with van der Waals surface area (Å²) in [7, 11) is 0. The first-order valence-corrected chi connectivity index (χ1v) is 7.57. The van der Waals surface area contributed by atoms with Crippen molar-refractivity contribution in [2.75, 3.05) is 0 Å². The van der Waals surface area contributed by atoms with Crippen LogP contribution in [0.15, 0.2) is 48.5 Å². The summed E-state index contributed by atoms with van der Waals surface area (Å²) in [5.74, 6) is 1.13. The fraction of sp³-hybridized carbons (Fsp3) is 0.368. The number of hydrogen-bond acceptors (Lipinski definition) is 1. The lowest BCUT2D eigenvalue weighted by Crippen LogP contribution is -2.37. The van der Waals surface area contributed by atoms with Gasteiger partial charge in [0.05, 0.1) is 0 Å². The van der Waals surface area contributed by atoms with Crippen molar-refractivity contribution < 1.29 is 0 Å². The molecule has 2 atom stereocenters. The Morgan fingerprint density at radius 2 is 1.75 bits per heavy atom. The van der Waals surface area contributed by atoms with Gasteiger partial charge in [-0.25, -0.2) is 0 Å². The van der Waals surface area contributed by atoms with Gasteiger partial charge in [0.15, 0.2) is 0 Å². The summed E-state index contributed by atoms with van der Waals surface area (Å²) in [6, 6.07) is 17.9. The molecule has 1 aliphatic carbocycles. The maximum absolute atomic E-state index is 6.42. The molecule has 3 rings (SSSR count). The Hall–Kier alpha value is -1.60. The van der Waals surface area contributed by atoms with Gasteiger partial charge in [-0.1, -0.05) is 62.4 Å². The van der Waals surface area contributed by atoms with E-state index in [0.717, 1.165) is 12.8 Å². The lowest BCUT2D eigenvalue weighted by atomic mass is 9.72. The number of rotatable bonds is 4. The molecular weight excluding hydrogens is 242 g/mol. The van der Waals surface area contributed by atoms with E-state index in [-0.39, 0.29) is 6.04 Å². The van der Waals surface area contributed by atoms with E-state index < -0.39 is 0 Å². The van der Waals surface area contributed by atoms with E-state index in [0.29, 0.717) is 11.8 Å². The van der Waals surface area contributed by atoms with Crippen molar-refractivity contribution >= 4 is 0 Å². The number of benzene rings is 2. The van der Waals surface area contributed by atoms with E-state index in [4.69, 9.17) is 5.73 Å². The summed E-state index contributed by atoms with van der Waals surface area (Å²) in [5, 5.41) is 0. The van der Waals surface area contributed by atoms with E-state index in [1.54, 1.807) is 0 Å². The Morgan fingerprint density at radius 1 is 1.05 bits per heavy atom. The molecule has 2 aromatic carbocycles. The van der Waals surface area contributed by atoms with Crippen LogP contribution in [0.1, 0.15) is 47.9 Å². The minimum absolute atomic E-state index is 0.231. The monoisotopic (exact) mass is 265 g/mol. The molecule has 2 aromatic rings. The number of hydrogen-bond donors (Lipinski definition) is 1. The quantitative estimate of drug-likeness (QED) is 0.887. The number of nitrogens with two attached hydrogens (primary N) is 1. The summed E-state index contributed by atoms with van der Waals surface area (Å²) in [5.41, 5.74) is 12.1. The van der Waals surface area contributed by atoms with Crippen molar-refractivity contribution in [3.63, 3.8) is 0 Å². The first-order valence-electron chi connectivity index (χ1n) is 7.57. The summed E-state index contributed by atoms with van der Waals surface area (Å²) in [4.78, 5) is 0. The van der Waals surface area contributed by atoms with Crippen LogP contribution >= 0.6 is 0 Å². The SMILES string of the molecule is CC(C)c1ccc(CC(N)C2Cc3ccccc32)cc1. The standard InChI is InChI=1S/C19H23N/c1-13(2)15-9-7-14(8-10-15)11-19(20)18-12-16-5-3-4-6-17(16)18/h3-10,13,18-19H,11-12,20H2,1-2H3. The van der Waals surface area contributed by atoms with E-state index in [1.165, 1.54) is 22.3 Å². The van der Waals surface area contributed by atoms with Gasteiger partial charge in [-0.3, -0.25) is 0 Å². The van der Waals surface area contributed by atoms with Crippen molar-refractivity contribution in [1.82, 2.24) is 0 Å². The van der Waals surface area contributed by atoms with Crippen molar-refractivity contribution in [3.8, 4) is 0 Å². The molecule has 0 radical (unpaired) electrons. The van der Waals surface area contributed by atoms with Gasteiger partial charge in [-0.2, -0.15) is 0 Å². The van der Waals surface area contributed by atoms with E-state index >= 15 is 0 Å². The summed E-state index contributed by atoms with van der Waals surface area (Å²) in [6.07, 6.45) is 2.11. The molecule has 0 saturated heterocycles. The smallest absolute Gasteiger partial charge is 0.0152 e. The number of fused-ring (bicyclic) bond motifs is 1. The highest BCUT2D eigenvalue weighted by Gasteiger charge is 2.30. The third kappa shape index (κ3) is 2.51. The maximum atomic E-state index is 6.42. The fourth-order valence-corrected chi connectivity index (χ4v) is 3.13. The van der Waals surface area contributed by atoms with Gasteiger partial charge in [0, 0.05) is 12.0 Å². The van der Waals surface area contributed by atoms with Crippen LogP contribution in [0.4, 0.5) is 0 Å². The largest absolute Gasteiger partial charge is 0.327 e. The molecule has 20 heavy (non-hydrogen) atoms. The van der Waals surface area contributed by atoms with Crippen molar-refractivity contribution in [2.24, 2.45) is 5.73 Å². The minimum Gasteiger partial charge on any atom is -0.327 e. The zero-order valence-electron chi connectivity index (χ0n) is 12.3. The second-order valence-corrected chi connectivity index (χ2v) is 6.27. The first kappa shape index (κ1) is 13.4. The summed E-state index contributed by atoms with van der Waals surface area (Å²) in [6.45, 7) is 4.46. The van der Waals surface area contributed by atoms with Gasteiger partial charge in [0.1, 0.15) is 0 Å². The molecule has 0 heterocycles. The van der Waals surface area contributed by atoms with Crippen molar-refractivity contribution in [1.29, 1.82) is 0 Å². The molecule has 1 nitrogen and oxygen atoms in total. The molecule has 0 saturated carbocycles. The Bertz CT molecular complexity index is 583. The second-order valence-electron chi connectivity index (χ2n) is 6.27. The molecule has 0 fully saturated rings. The molecule has 1 heteroatoms. The molecule has 0 aliphatic heterocycles. The average Bonchev–Trinajstić information content (AvgIpc) is 2.41. The van der Waals surface area contributed by atoms with Crippen LogP contribution in [0.5, 0.6) is 0 Å². The average molecular weight is 265 g/mol. The highest BCUT2D eigenvalue weighted by molar-refractivity contribution is 5.41. The molecule has 2 unspecified atom stereocenters. The zero-order valence-corrected chi connectivity index (χ0v) is 12.3. The second kappa shape index (κ2) is 5.41. The van der Waals surface area contributed by atoms with E-state index in [1.807, 2.05) is 0 Å². The van der Waals surface area contributed by atoms with Gasteiger partial charge >= 0.3 is 0 Å². The first-order chi connectivity index (χ1) is 9.65. The van der Waals surface area contributed by atoms with Crippen LogP contribution in [0.3, 0.4) is 0 Å². The molecule has 1 aliphatic rings. The predicted molar refractivity (Wildman–Crippen MR) is 85.1 cm³/mol. The molecule has 0 bridgehead atoms. The lowest BCUT2D eigenvalue weighted by Gasteiger charge is -2.34. The maximum Gasteiger partial charge on any atom is 0.0152 e.